The maximum atomic E-state index is 2.52. The van der Waals surface area contributed by atoms with Gasteiger partial charge in [0.05, 0.1) is 0 Å². The highest BCUT2D eigenvalue weighted by Crippen LogP contribution is 2.33. The quantitative estimate of drug-likeness (QED) is 0.0814. The summed E-state index contributed by atoms with van der Waals surface area (Å²) in [5.41, 5.74) is 0. The Balaban J connectivity index is -0.000000125. The first-order chi connectivity index (χ1) is 26.8. The van der Waals surface area contributed by atoms with Gasteiger partial charge in [-0.15, -0.1) is 0 Å². The van der Waals surface area contributed by atoms with E-state index >= 15 is 0 Å². The van der Waals surface area contributed by atoms with E-state index in [1.165, 1.54) is 103 Å². The molecule has 0 amide bonds. The summed E-state index contributed by atoms with van der Waals surface area (Å²) in [6.45, 7) is 62.2. The van der Waals surface area contributed by atoms with Gasteiger partial charge in [0.15, 0.2) is 0 Å². The molecule has 0 heteroatoms. The van der Waals surface area contributed by atoms with Gasteiger partial charge in [0.1, 0.15) is 0 Å². The molecule has 0 nitrogen and oxygen atoms in total. The zero-order chi connectivity index (χ0) is 47.0. The Morgan fingerprint density at radius 2 is 0.390 bits per heavy atom. The van der Waals surface area contributed by atoms with Gasteiger partial charge in [0, 0.05) is 0 Å². The van der Waals surface area contributed by atoms with Crippen molar-refractivity contribution in [3.8, 4) is 0 Å². The van der Waals surface area contributed by atoms with E-state index in [4.69, 9.17) is 0 Å². The second-order valence-corrected chi connectivity index (χ2v) is 22.8. The Morgan fingerprint density at radius 1 is 0.220 bits per heavy atom. The van der Waals surface area contributed by atoms with Crippen LogP contribution in [0.5, 0.6) is 0 Å². The van der Waals surface area contributed by atoms with Crippen LogP contribution in [-0.2, 0) is 0 Å². The van der Waals surface area contributed by atoms with E-state index in [1.807, 2.05) is 13.8 Å². The van der Waals surface area contributed by atoms with E-state index in [-0.39, 0.29) is 7.43 Å². The molecule has 0 N–H and O–H groups in total. The lowest BCUT2D eigenvalue weighted by atomic mass is 9.78. The Hall–Kier alpha value is 0. The van der Waals surface area contributed by atoms with Gasteiger partial charge in [-0.25, -0.2) is 0 Å². The highest BCUT2D eigenvalue weighted by Gasteiger charge is 2.21. The zero-order valence-electron chi connectivity index (χ0n) is 47.0. The molecule has 0 unspecified atom stereocenters. The lowest BCUT2D eigenvalue weighted by Crippen LogP contribution is -2.16. The lowest BCUT2D eigenvalue weighted by Gasteiger charge is -2.28. The summed E-state index contributed by atoms with van der Waals surface area (Å²) in [6.07, 6.45) is 22.4. The number of hydrogen-bond donors (Lipinski definition) is 0. The van der Waals surface area contributed by atoms with Crippen molar-refractivity contribution in [2.75, 3.05) is 0 Å². The normalized spacial score (nSPS) is 11.5. The van der Waals surface area contributed by atoms with Crippen molar-refractivity contribution < 1.29 is 0 Å². The molecule has 0 aliphatic heterocycles. The third-order valence-electron chi connectivity index (χ3n) is 11.6. The van der Waals surface area contributed by atoms with E-state index < -0.39 is 0 Å². The van der Waals surface area contributed by atoms with Crippen LogP contribution < -0.4 is 0 Å². The van der Waals surface area contributed by atoms with Gasteiger partial charge in [0.2, 0.25) is 0 Å². The fourth-order valence-electron chi connectivity index (χ4n) is 8.95. The molecule has 0 bridgehead atoms. The minimum atomic E-state index is 0. The highest BCUT2D eigenvalue weighted by molar-refractivity contribution is 4.72. The molecule has 59 heavy (non-hydrogen) atoms. The second-order valence-electron chi connectivity index (χ2n) is 22.8. The first-order valence-corrected chi connectivity index (χ1v) is 26.8. The van der Waals surface area contributed by atoms with E-state index in [9.17, 15) is 0 Å². The van der Waals surface area contributed by atoms with Crippen LogP contribution in [0.4, 0.5) is 0 Å². The van der Waals surface area contributed by atoms with Gasteiger partial charge >= 0.3 is 0 Å². The maximum absolute atomic E-state index is 2.52. The average Bonchev–Trinajstić information content (AvgIpc) is 3.08. The van der Waals surface area contributed by atoms with Crippen LogP contribution in [0, 0.1) is 88.8 Å². The topological polar surface area (TPSA) is 0 Å². The van der Waals surface area contributed by atoms with E-state index in [2.05, 4.69) is 173 Å². The monoisotopic (exact) mass is 841 g/mol. The summed E-state index contributed by atoms with van der Waals surface area (Å²) in [5.74, 6) is 13.5. The molecular formula is C59H132. The first-order valence-electron chi connectivity index (χ1n) is 26.8. The van der Waals surface area contributed by atoms with Crippen molar-refractivity contribution in [1.29, 1.82) is 0 Å². The fourth-order valence-corrected chi connectivity index (χ4v) is 8.95. The molecule has 0 aromatic rings. The Kier molecular flexibility index (Phi) is 63.0. The molecule has 0 aromatic carbocycles. The van der Waals surface area contributed by atoms with Crippen molar-refractivity contribution in [3.05, 3.63) is 0 Å². The van der Waals surface area contributed by atoms with E-state index in [0.717, 1.165) is 88.8 Å². The van der Waals surface area contributed by atoms with Crippen LogP contribution in [0.2, 0.25) is 0 Å². The van der Waals surface area contributed by atoms with E-state index in [0.29, 0.717) is 0 Å². The van der Waals surface area contributed by atoms with Crippen molar-refractivity contribution >= 4 is 0 Å². The molecule has 368 valence electrons. The fraction of sp³-hybridized carbons (Fsp3) is 1.00. The summed E-state index contributed by atoms with van der Waals surface area (Å²) in [7, 11) is 0. The summed E-state index contributed by atoms with van der Waals surface area (Å²) >= 11 is 0. The van der Waals surface area contributed by atoms with Crippen LogP contribution in [0.1, 0.15) is 297 Å². The molecular weight excluding hydrogens is 709 g/mol. The van der Waals surface area contributed by atoms with Crippen molar-refractivity contribution in [3.63, 3.8) is 0 Å². The second kappa shape index (κ2) is 50.6. The van der Waals surface area contributed by atoms with Crippen molar-refractivity contribution in [2.45, 2.75) is 297 Å². The molecule has 0 heterocycles. The molecule has 0 aromatic heterocycles. The molecule has 0 aliphatic rings. The van der Waals surface area contributed by atoms with E-state index in [1.54, 1.807) is 0 Å². The predicted molar refractivity (Wildman–Crippen MR) is 286 cm³/mol. The Bertz CT molecular complexity index is 625. The maximum Gasteiger partial charge on any atom is -0.0407 e. The Morgan fingerprint density at radius 3 is 0.525 bits per heavy atom. The van der Waals surface area contributed by atoms with Gasteiger partial charge in [-0.05, 0) is 153 Å². The standard InChI is InChI=1S/C22H46.C14H30.C10H22.C6H14.C4H10.C2H6.CH4/c1-16(2)10-21(11-17(3)4)14-20(9)15-22(12-18(5)6)13-19(7)8;1-6-13(7-2)10-12(5)11-14(8-3)9-4;1-8(2)6-10(5)7-9(3)4;1-4-6(3)5-2;1-4(2)3;1-2;/h16-22H,10-15H2,1-9H3;12-14H,6-11H2,1-5H3;8-10H,6-7H2,1-5H3;6H,4-5H2,1-3H3;4H,1-3H3;1-2H3;1H4. The summed E-state index contributed by atoms with van der Waals surface area (Å²) < 4.78 is 0. The Labute approximate surface area is 384 Å². The molecule has 0 fully saturated rings. The minimum Gasteiger partial charge on any atom is -0.0776 e. The molecule has 0 saturated carbocycles. The van der Waals surface area contributed by atoms with Gasteiger partial charge in [-0.1, -0.05) is 233 Å². The third kappa shape index (κ3) is 67.3. The minimum absolute atomic E-state index is 0. The molecule has 0 saturated heterocycles. The van der Waals surface area contributed by atoms with Crippen molar-refractivity contribution in [2.24, 2.45) is 88.8 Å². The van der Waals surface area contributed by atoms with Crippen LogP contribution in [-0.4, -0.2) is 0 Å². The summed E-state index contributed by atoms with van der Waals surface area (Å²) in [5, 5.41) is 0. The summed E-state index contributed by atoms with van der Waals surface area (Å²) in [6, 6.07) is 0. The van der Waals surface area contributed by atoms with Crippen LogP contribution in [0.3, 0.4) is 0 Å². The largest absolute Gasteiger partial charge is 0.0776 e. The third-order valence-corrected chi connectivity index (χ3v) is 11.6. The summed E-state index contributed by atoms with van der Waals surface area (Å²) in [4.78, 5) is 0. The highest BCUT2D eigenvalue weighted by atomic mass is 14.3. The molecule has 0 radical (unpaired) electrons. The molecule has 0 atom stereocenters. The first kappa shape index (κ1) is 73.4. The average molecular weight is 842 g/mol. The van der Waals surface area contributed by atoms with Gasteiger partial charge < -0.3 is 0 Å². The van der Waals surface area contributed by atoms with Crippen molar-refractivity contribution in [1.82, 2.24) is 0 Å². The van der Waals surface area contributed by atoms with Crippen LogP contribution in [0.25, 0.3) is 0 Å². The SMILES string of the molecule is C.CC.CC(C)C.CC(C)CC(C)CC(C)C.CC(C)CC(CC(C)C)CC(C)CC(CC(C)C)CC(C)C.CCC(C)CC.CCC(CC)CC(C)CC(CC)CC. The number of hydrogen-bond acceptors (Lipinski definition) is 0. The van der Waals surface area contributed by atoms with Gasteiger partial charge in [-0.2, -0.15) is 0 Å². The zero-order valence-corrected chi connectivity index (χ0v) is 47.0. The lowest BCUT2D eigenvalue weighted by molar-refractivity contribution is 0.233. The molecule has 0 rings (SSSR count). The smallest absolute Gasteiger partial charge is 0.0407 e. The van der Waals surface area contributed by atoms with Crippen LogP contribution >= 0.6 is 0 Å². The van der Waals surface area contributed by atoms with Gasteiger partial charge in [0.25, 0.3) is 0 Å². The van der Waals surface area contributed by atoms with Crippen LogP contribution in [0.15, 0.2) is 0 Å². The predicted octanol–water partition coefficient (Wildman–Crippen LogP) is 22.6. The molecule has 0 spiro atoms. The number of rotatable bonds is 26. The molecule has 0 aliphatic carbocycles. The van der Waals surface area contributed by atoms with Gasteiger partial charge in [-0.3, -0.25) is 0 Å².